The minimum absolute atomic E-state index is 0.0227. The smallest absolute Gasteiger partial charge is 0.248 e. The van der Waals surface area contributed by atoms with Gasteiger partial charge in [0, 0.05) is 17.8 Å². The van der Waals surface area contributed by atoms with Crippen LogP contribution in [0.25, 0.3) is 6.08 Å². The van der Waals surface area contributed by atoms with Gasteiger partial charge in [-0.1, -0.05) is 62.4 Å². The van der Waals surface area contributed by atoms with Crippen LogP contribution in [0.2, 0.25) is 0 Å². The van der Waals surface area contributed by atoms with Gasteiger partial charge in [0.25, 0.3) is 0 Å². The molecule has 35 heavy (non-hydrogen) atoms. The SMILES string of the molecule is CC(C)NC(=O)C(Nc1ccc(C(C)C)cc1)c1ccc(/C=C/C(=O)Nc2ccccc2N)cc1. The first kappa shape index (κ1) is 25.6. The number of para-hydroxylation sites is 2. The van der Waals surface area contributed by atoms with Crippen LogP contribution in [0, 0.1) is 0 Å². The molecule has 0 aliphatic rings. The van der Waals surface area contributed by atoms with Gasteiger partial charge < -0.3 is 21.7 Å². The monoisotopic (exact) mass is 470 g/mol. The number of nitrogens with one attached hydrogen (secondary N) is 3. The lowest BCUT2D eigenvalue weighted by molar-refractivity contribution is -0.122. The predicted octanol–water partition coefficient (Wildman–Crippen LogP) is 5.72. The summed E-state index contributed by atoms with van der Waals surface area (Å²) >= 11 is 0. The minimum Gasteiger partial charge on any atom is -0.397 e. The third kappa shape index (κ3) is 7.47. The molecule has 3 aromatic carbocycles. The average molecular weight is 471 g/mol. The number of nitrogen functional groups attached to an aromatic ring is 1. The van der Waals surface area contributed by atoms with Crippen molar-refractivity contribution in [3.63, 3.8) is 0 Å². The summed E-state index contributed by atoms with van der Waals surface area (Å²) in [4.78, 5) is 25.2. The maximum Gasteiger partial charge on any atom is 0.248 e. The van der Waals surface area contributed by atoms with E-state index < -0.39 is 6.04 Å². The second-order valence-corrected chi connectivity index (χ2v) is 9.09. The number of anilines is 3. The molecule has 0 heterocycles. The van der Waals surface area contributed by atoms with Crippen LogP contribution in [0.15, 0.2) is 78.9 Å². The lowest BCUT2D eigenvalue weighted by atomic mass is 10.0. The van der Waals surface area contributed by atoms with Crippen molar-refractivity contribution >= 4 is 35.0 Å². The van der Waals surface area contributed by atoms with E-state index >= 15 is 0 Å². The van der Waals surface area contributed by atoms with E-state index in [1.807, 2.05) is 62.4 Å². The average Bonchev–Trinajstić information content (AvgIpc) is 2.83. The van der Waals surface area contributed by atoms with Crippen molar-refractivity contribution in [2.75, 3.05) is 16.4 Å². The van der Waals surface area contributed by atoms with Crippen LogP contribution >= 0.6 is 0 Å². The van der Waals surface area contributed by atoms with E-state index in [0.29, 0.717) is 17.3 Å². The molecule has 6 nitrogen and oxygen atoms in total. The number of amides is 2. The van der Waals surface area contributed by atoms with Gasteiger partial charge in [-0.25, -0.2) is 0 Å². The Labute approximate surface area is 207 Å². The van der Waals surface area contributed by atoms with Crippen molar-refractivity contribution in [3.8, 4) is 0 Å². The molecule has 0 aliphatic carbocycles. The fourth-order valence-electron chi connectivity index (χ4n) is 3.56. The van der Waals surface area contributed by atoms with Crippen molar-refractivity contribution in [2.24, 2.45) is 0 Å². The van der Waals surface area contributed by atoms with Crippen molar-refractivity contribution in [3.05, 3.63) is 95.6 Å². The quantitative estimate of drug-likeness (QED) is 0.237. The molecule has 1 unspecified atom stereocenters. The lowest BCUT2D eigenvalue weighted by Gasteiger charge is -2.22. The van der Waals surface area contributed by atoms with E-state index in [2.05, 4.69) is 41.9 Å². The zero-order valence-electron chi connectivity index (χ0n) is 20.7. The molecule has 0 aliphatic heterocycles. The van der Waals surface area contributed by atoms with Crippen LogP contribution < -0.4 is 21.7 Å². The summed E-state index contributed by atoms with van der Waals surface area (Å²) in [7, 11) is 0. The molecule has 6 heteroatoms. The van der Waals surface area contributed by atoms with Gasteiger partial charge in [-0.05, 0) is 66.8 Å². The van der Waals surface area contributed by atoms with Gasteiger partial charge >= 0.3 is 0 Å². The number of hydrogen-bond acceptors (Lipinski definition) is 4. The molecular weight excluding hydrogens is 436 g/mol. The Morgan fingerprint density at radius 2 is 1.46 bits per heavy atom. The van der Waals surface area contributed by atoms with Gasteiger partial charge in [-0.15, -0.1) is 0 Å². The molecule has 182 valence electrons. The summed E-state index contributed by atoms with van der Waals surface area (Å²) in [6.45, 7) is 8.18. The van der Waals surface area contributed by atoms with Crippen LogP contribution in [0.3, 0.4) is 0 Å². The minimum atomic E-state index is -0.551. The van der Waals surface area contributed by atoms with E-state index in [0.717, 1.165) is 16.8 Å². The first-order valence-electron chi connectivity index (χ1n) is 11.8. The predicted molar refractivity (Wildman–Crippen MR) is 145 cm³/mol. The number of rotatable bonds is 9. The number of carbonyl (C=O) groups excluding carboxylic acids is 2. The number of benzene rings is 3. The molecule has 0 fully saturated rings. The molecule has 2 amide bonds. The standard InChI is InChI=1S/C29H34N4O2/c1-19(2)22-14-16-24(17-15-22)32-28(29(35)31-20(3)4)23-12-9-21(10-13-23)11-18-27(34)33-26-8-6-5-7-25(26)30/h5-20,28,32H,30H2,1-4H3,(H,31,35)(H,33,34)/b18-11+. The molecule has 5 N–H and O–H groups in total. The van der Waals surface area contributed by atoms with Crippen LogP contribution in [0.5, 0.6) is 0 Å². The Kier molecular flexibility index (Phi) is 8.68. The zero-order valence-corrected chi connectivity index (χ0v) is 20.7. The van der Waals surface area contributed by atoms with Crippen LogP contribution in [-0.2, 0) is 9.59 Å². The van der Waals surface area contributed by atoms with Gasteiger partial charge in [-0.3, -0.25) is 9.59 Å². The number of nitrogens with two attached hydrogens (primary N) is 1. The van der Waals surface area contributed by atoms with Gasteiger partial charge in [0.15, 0.2) is 0 Å². The molecular formula is C29H34N4O2. The second kappa shape index (κ2) is 11.9. The highest BCUT2D eigenvalue weighted by molar-refractivity contribution is 6.03. The van der Waals surface area contributed by atoms with Gasteiger partial charge in [0.05, 0.1) is 11.4 Å². The van der Waals surface area contributed by atoms with Crippen molar-refractivity contribution < 1.29 is 9.59 Å². The Bertz CT molecular complexity index is 1170. The van der Waals surface area contributed by atoms with Crippen molar-refractivity contribution in [1.82, 2.24) is 5.32 Å². The third-order valence-electron chi connectivity index (χ3n) is 5.50. The molecule has 0 saturated heterocycles. The number of carbonyl (C=O) groups is 2. The molecule has 0 saturated carbocycles. The normalized spacial score (nSPS) is 12.1. The van der Waals surface area contributed by atoms with Gasteiger partial charge in [0.1, 0.15) is 6.04 Å². The van der Waals surface area contributed by atoms with Crippen LogP contribution in [0.1, 0.15) is 56.3 Å². The molecule has 0 aromatic heterocycles. The first-order chi connectivity index (χ1) is 16.7. The van der Waals surface area contributed by atoms with E-state index in [-0.39, 0.29) is 17.9 Å². The molecule has 3 aromatic rings. The third-order valence-corrected chi connectivity index (χ3v) is 5.50. The van der Waals surface area contributed by atoms with Gasteiger partial charge in [0.2, 0.25) is 11.8 Å². The highest BCUT2D eigenvalue weighted by atomic mass is 16.2. The summed E-state index contributed by atoms with van der Waals surface area (Å²) in [5.41, 5.74) is 10.7. The molecule has 0 spiro atoms. The van der Waals surface area contributed by atoms with Gasteiger partial charge in [-0.2, -0.15) is 0 Å². The highest BCUT2D eigenvalue weighted by Crippen LogP contribution is 2.24. The summed E-state index contributed by atoms with van der Waals surface area (Å²) in [5, 5.41) is 9.13. The largest absolute Gasteiger partial charge is 0.397 e. The van der Waals surface area contributed by atoms with Crippen LogP contribution in [0.4, 0.5) is 17.1 Å². The number of hydrogen-bond donors (Lipinski definition) is 4. The zero-order chi connectivity index (χ0) is 25.4. The Hall–Kier alpha value is -4.06. The van der Waals surface area contributed by atoms with E-state index in [4.69, 9.17) is 5.73 Å². The van der Waals surface area contributed by atoms with E-state index in [1.54, 1.807) is 18.2 Å². The fraction of sp³-hybridized carbons (Fsp3) is 0.241. The summed E-state index contributed by atoms with van der Waals surface area (Å²) in [6.07, 6.45) is 3.18. The molecule has 0 radical (unpaired) electrons. The van der Waals surface area contributed by atoms with E-state index in [9.17, 15) is 9.59 Å². The van der Waals surface area contributed by atoms with Crippen molar-refractivity contribution in [2.45, 2.75) is 45.7 Å². The first-order valence-corrected chi connectivity index (χ1v) is 11.8. The summed E-state index contributed by atoms with van der Waals surface area (Å²) < 4.78 is 0. The maximum atomic E-state index is 13.0. The van der Waals surface area contributed by atoms with Crippen molar-refractivity contribution in [1.29, 1.82) is 0 Å². The maximum absolute atomic E-state index is 13.0. The van der Waals surface area contributed by atoms with E-state index in [1.165, 1.54) is 11.6 Å². The molecule has 1 atom stereocenters. The topological polar surface area (TPSA) is 96.2 Å². The summed E-state index contributed by atoms with van der Waals surface area (Å²) in [5.74, 6) is 0.0700. The Morgan fingerprint density at radius 3 is 2.06 bits per heavy atom. The summed E-state index contributed by atoms with van der Waals surface area (Å²) in [6, 6.07) is 22.3. The Morgan fingerprint density at radius 1 is 0.829 bits per heavy atom. The molecule has 3 rings (SSSR count). The van der Waals surface area contributed by atoms with Crippen LogP contribution in [-0.4, -0.2) is 17.9 Å². The highest BCUT2D eigenvalue weighted by Gasteiger charge is 2.21. The Balaban J connectivity index is 1.73. The lowest BCUT2D eigenvalue weighted by Crippen LogP contribution is -2.37. The fourth-order valence-corrected chi connectivity index (χ4v) is 3.56. The second-order valence-electron chi connectivity index (χ2n) is 9.09. The molecule has 0 bridgehead atoms.